The normalized spacial score (nSPS) is 22.6. The van der Waals surface area contributed by atoms with Gasteiger partial charge in [-0.2, -0.15) is 0 Å². The van der Waals surface area contributed by atoms with Crippen molar-refractivity contribution in [2.75, 3.05) is 6.54 Å². The van der Waals surface area contributed by atoms with E-state index < -0.39 is 23.2 Å². The van der Waals surface area contributed by atoms with Gasteiger partial charge in [0.25, 0.3) is 5.91 Å². The maximum Gasteiger partial charge on any atom is 0.329 e. The van der Waals surface area contributed by atoms with Crippen LogP contribution in [0.15, 0.2) is 22.7 Å². The van der Waals surface area contributed by atoms with E-state index in [2.05, 4.69) is 15.9 Å². The predicted octanol–water partition coefficient (Wildman–Crippen LogP) is 2.67. The SMILES string of the molecule is CC1(C(=O)O)CCCN1C(=O)c1cc(Br)ccc1F. The number of likely N-dealkylation sites (tertiary alicyclic amines) is 1. The first kappa shape index (κ1) is 14.0. The Bertz CT molecular complexity index is 549. The molecule has 1 aromatic rings. The lowest BCUT2D eigenvalue weighted by Crippen LogP contribution is -2.50. The van der Waals surface area contributed by atoms with E-state index >= 15 is 0 Å². The quantitative estimate of drug-likeness (QED) is 0.907. The van der Waals surface area contributed by atoms with Crippen molar-refractivity contribution < 1.29 is 19.1 Å². The van der Waals surface area contributed by atoms with E-state index in [1.165, 1.54) is 30.0 Å². The van der Waals surface area contributed by atoms with Gasteiger partial charge in [-0.25, -0.2) is 9.18 Å². The van der Waals surface area contributed by atoms with Gasteiger partial charge in [0.2, 0.25) is 0 Å². The molecule has 1 amide bonds. The Kier molecular flexibility index (Phi) is 3.62. The maximum absolute atomic E-state index is 13.7. The highest BCUT2D eigenvalue weighted by Gasteiger charge is 2.46. The molecule has 1 aromatic carbocycles. The average molecular weight is 330 g/mol. The number of hydrogen-bond donors (Lipinski definition) is 1. The third kappa shape index (κ3) is 2.36. The standard InChI is InChI=1S/C13H13BrFNO3/c1-13(12(18)19)5-2-6-16(13)11(17)9-7-8(14)3-4-10(9)15/h3-4,7H,2,5-6H2,1H3,(H,18,19). The number of nitrogens with zero attached hydrogens (tertiary/aromatic N) is 1. The summed E-state index contributed by atoms with van der Waals surface area (Å²) in [5.74, 6) is -2.29. The molecule has 2 rings (SSSR count). The summed E-state index contributed by atoms with van der Waals surface area (Å²) in [7, 11) is 0. The van der Waals surface area contributed by atoms with Crippen LogP contribution < -0.4 is 0 Å². The molecule has 1 heterocycles. The van der Waals surface area contributed by atoms with Crippen molar-refractivity contribution in [2.24, 2.45) is 0 Å². The molecule has 0 aromatic heterocycles. The molecule has 0 aliphatic carbocycles. The molecule has 0 radical (unpaired) electrons. The van der Waals surface area contributed by atoms with Crippen molar-refractivity contribution in [3.63, 3.8) is 0 Å². The van der Waals surface area contributed by atoms with E-state index in [1.807, 2.05) is 0 Å². The van der Waals surface area contributed by atoms with Gasteiger partial charge in [0.05, 0.1) is 5.56 Å². The number of carbonyl (C=O) groups excluding carboxylic acids is 1. The van der Waals surface area contributed by atoms with E-state index in [4.69, 9.17) is 0 Å². The van der Waals surface area contributed by atoms with Crippen molar-refractivity contribution >= 4 is 27.8 Å². The molecule has 1 atom stereocenters. The summed E-state index contributed by atoms with van der Waals surface area (Å²) in [6, 6.07) is 4.05. The zero-order valence-corrected chi connectivity index (χ0v) is 11.9. The van der Waals surface area contributed by atoms with Gasteiger partial charge < -0.3 is 10.0 Å². The summed E-state index contributed by atoms with van der Waals surface area (Å²) in [6.07, 6.45) is 0.980. The van der Waals surface area contributed by atoms with Crippen molar-refractivity contribution in [3.05, 3.63) is 34.1 Å². The first-order chi connectivity index (χ1) is 8.86. The average Bonchev–Trinajstić information content (AvgIpc) is 2.75. The first-order valence-electron chi connectivity index (χ1n) is 5.86. The zero-order chi connectivity index (χ0) is 14.2. The van der Waals surface area contributed by atoms with E-state index in [0.29, 0.717) is 23.9 Å². The second-order valence-corrected chi connectivity index (χ2v) is 5.68. The number of carboxylic acid groups (broad SMARTS) is 1. The highest BCUT2D eigenvalue weighted by atomic mass is 79.9. The molecule has 4 nitrogen and oxygen atoms in total. The van der Waals surface area contributed by atoms with Crippen LogP contribution in [-0.2, 0) is 4.79 Å². The number of aliphatic carboxylic acids is 1. The Balaban J connectivity index is 2.39. The van der Waals surface area contributed by atoms with E-state index in [9.17, 15) is 19.1 Å². The number of carboxylic acids is 1. The molecule has 1 aliphatic heterocycles. The third-order valence-corrected chi connectivity index (χ3v) is 4.00. The number of carbonyl (C=O) groups is 2. The molecule has 1 N–H and O–H groups in total. The lowest BCUT2D eigenvalue weighted by Gasteiger charge is -2.31. The van der Waals surface area contributed by atoms with Gasteiger partial charge in [-0.1, -0.05) is 15.9 Å². The minimum Gasteiger partial charge on any atom is -0.480 e. The van der Waals surface area contributed by atoms with Crippen LogP contribution in [0, 0.1) is 5.82 Å². The molecule has 1 saturated heterocycles. The fourth-order valence-electron chi connectivity index (χ4n) is 2.32. The summed E-state index contributed by atoms with van der Waals surface area (Å²) in [4.78, 5) is 24.9. The van der Waals surface area contributed by atoms with Crippen LogP contribution in [0.4, 0.5) is 4.39 Å². The first-order valence-corrected chi connectivity index (χ1v) is 6.66. The highest BCUT2D eigenvalue weighted by Crippen LogP contribution is 2.31. The predicted molar refractivity (Wildman–Crippen MR) is 70.4 cm³/mol. The van der Waals surface area contributed by atoms with Crippen LogP contribution in [0.3, 0.4) is 0 Å². The molecule has 1 aliphatic rings. The summed E-state index contributed by atoms with van der Waals surface area (Å²) < 4.78 is 14.3. The molecule has 19 heavy (non-hydrogen) atoms. The van der Waals surface area contributed by atoms with Gasteiger partial charge in [-0.3, -0.25) is 4.79 Å². The molecule has 1 fully saturated rings. The van der Waals surface area contributed by atoms with Crippen LogP contribution in [0.25, 0.3) is 0 Å². The Hall–Kier alpha value is -1.43. The van der Waals surface area contributed by atoms with E-state index in [-0.39, 0.29) is 5.56 Å². The highest BCUT2D eigenvalue weighted by molar-refractivity contribution is 9.10. The fourth-order valence-corrected chi connectivity index (χ4v) is 2.68. The van der Waals surface area contributed by atoms with Crippen molar-refractivity contribution in [2.45, 2.75) is 25.3 Å². The van der Waals surface area contributed by atoms with Crippen molar-refractivity contribution in [1.82, 2.24) is 4.90 Å². The van der Waals surface area contributed by atoms with Gasteiger partial charge in [0.1, 0.15) is 11.4 Å². The minimum atomic E-state index is -1.26. The number of hydrogen-bond acceptors (Lipinski definition) is 2. The van der Waals surface area contributed by atoms with Crippen LogP contribution in [0.1, 0.15) is 30.1 Å². The monoisotopic (exact) mass is 329 g/mol. The Labute approximate surface area is 118 Å². The molecule has 6 heteroatoms. The van der Waals surface area contributed by atoms with Crippen molar-refractivity contribution in [1.29, 1.82) is 0 Å². The second-order valence-electron chi connectivity index (χ2n) is 4.76. The summed E-state index contributed by atoms with van der Waals surface area (Å²) in [5.41, 5.74) is -1.37. The van der Waals surface area contributed by atoms with E-state index in [1.54, 1.807) is 0 Å². The second kappa shape index (κ2) is 4.92. The van der Waals surface area contributed by atoms with Crippen LogP contribution in [0.2, 0.25) is 0 Å². The van der Waals surface area contributed by atoms with Crippen LogP contribution >= 0.6 is 15.9 Å². The van der Waals surface area contributed by atoms with Gasteiger partial charge in [-0.15, -0.1) is 0 Å². The van der Waals surface area contributed by atoms with Gasteiger partial charge in [-0.05, 0) is 38.0 Å². The third-order valence-electron chi connectivity index (χ3n) is 3.51. The Morgan fingerprint density at radius 1 is 1.47 bits per heavy atom. The smallest absolute Gasteiger partial charge is 0.329 e. The van der Waals surface area contributed by atoms with Gasteiger partial charge >= 0.3 is 5.97 Å². The topological polar surface area (TPSA) is 57.6 Å². The molecule has 0 saturated carbocycles. The van der Waals surface area contributed by atoms with Gasteiger partial charge in [0, 0.05) is 11.0 Å². The summed E-state index contributed by atoms with van der Waals surface area (Å²) in [6.45, 7) is 1.82. The molecule has 1 unspecified atom stereocenters. The molecular weight excluding hydrogens is 317 g/mol. The maximum atomic E-state index is 13.7. The molecule has 0 bridgehead atoms. The number of halogens is 2. The Morgan fingerprint density at radius 2 is 2.16 bits per heavy atom. The zero-order valence-electron chi connectivity index (χ0n) is 10.3. The molecule has 102 valence electrons. The lowest BCUT2D eigenvalue weighted by molar-refractivity contribution is -0.147. The van der Waals surface area contributed by atoms with Gasteiger partial charge in [0.15, 0.2) is 0 Å². The molecule has 0 spiro atoms. The largest absolute Gasteiger partial charge is 0.480 e. The van der Waals surface area contributed by atoms with Crippen molar-refractivity contribution in [3.8, 4) is 0 Å². The summed E-state index contributed by atoms with van der Waals surface area (Å²) in [5, 5.41) is 9.27. The van der Waals surface area contributed by atoms with E-state index in [0.717, 1.165) is 0 Å². The minimum absolute atomic E-state index is 0.108. The Morgan fingerprint density at radius 3 is 2.79 bits per heavy atom. The number of benzene rings is 1. The fraction of sp³-hybridized carbons (Fsp3) is 0.385. The summed E-state index contributed by atoms with van der Waals surface area (Å²) >= 11 is 3.18. The number of amides is 1. The lowest BCUT2D eigenvalue weighted by atomic mass is 9.98. The molecular formula is C13H13BrFNO3. The number of rotatable bonds is 2. The van der Waals surface area contributed by atoms with Crippen LogP contribution in [0.5, 0.6) is 0 Å². The van der Waals surface area contributed by atoms with Crippen LogP contribution in [-0.4, -0.2) is 34.0 Å².